The summed E-state index contributed by atoms with van der Waals surface area (Å²) < 4.78 is 5.08. The Morgan fingerprint density at radius 2 is 2.20 bits per heavy atom. The summed E-state index contributed by atoms with van der Waals surface area (Å²) in [6, 6.07) is 2.69. The average Bonchev–Trinajstić information content (AvgIpc) is 2.18. The van der Waals surface area contributed by atoms with Crippen molar-refractivity contribution in [3.8, 4) is 5.75 Å². The van der Waals surface area contributed by atoms with Crippen molar-refractivity contribution in [2.45, 2.75) is 13.5 Å². The summed E-state index contributed by atoms with van der Waals surface area (Å²) in [7, 11) is 0. The van der Waals surface area contributed by atoms with Gasteiger partial charge in [-0.15, -0.1) is 0 Å². The van der Waals surface area contributed by atoms with Crippen LogP contribution in [0.4, 0.5) is 0 Å². The Balaban J connectivity index is 3.10. The number of hydrogen-bond donors (Lipinski definition) is 2. The molecule has 0 aliphatic heterocycles. The van der Waals surface area contributed by atoms with E-state index in [4.69, 9.17) is 21.4 Å². The smallest absolute Gasteiger partial charge is 0.339 e. The zero-order valence-corrected chi connectivity index (χ0v) is 8.91. The van der Waals surface area contributed by atoms with E-state index in [9.17, 15) is 9.90 Å². The molecular formula is C10H11ClO4. The van der Waals surface area contributed by atoms with Crippen molar-refractivity contribution in [2.24, 2.45) is 0 Å². The van der Waals surface area contributed by atoms with Crippen LogP contribution in [0.2, 0.25) is 5.02 Å². The topological polar surface area (TPSA) is 66.8 Å². The fourth-order valence-corrected chi connectivity index (χ4v) is 1.38. The van der Waals surface area contributed by atoms with Gasteiger partial charge in [-0.3, -0.25) is 0 Å². The number of carboxylic acid groups (broad SMARTS) is 1. The van der Waals surface area contributed by atoms with Gasteiger partial charge < -0.3 is 14.9 Å². The van der Waals surface area contributed by atoms with Gasteiger partial charge in [0.2, 0.25) is 0 Å². The molecular weight excluding hydrogens is 220 g/mol. The molecule has 0 spiro atoms. The first kappa shape index (κ1) is 11.8. The molecule has 0 bridgehead atoms. The standard InChI is InChI=1S/C10H11ClO4/c1-2-15-5-6-3-7(11)4-8(9(6)12)10(13)14/h3-4,12H,2,5H2,1H3,(H,13,14). The van der Waals surface area contributed by atoms with Crippen LogP contribution in [0.1, 0.15) is 22.8 Å². The highest BCUT2D eigenvalue weighted by Crippen LogP contribution is 2.27. The number of carboxylic acids is 1. The Bertz CT molecular complexity index is 376. The molecule has 0 saturated heterocycles. The van der Waals surface area contributed by atoms with Crippen LogP contribution in [0.15, 0.2) is 12.1 Å². The highest BCUT2D eigenvalue weighted by Gasteiger charge is 2.14. The SMILES string of the molecule is CCOCc1cc(Cl)cc(C(=O)O)c1O. The second-order valence-corrected chi connectivity index (χ2v) is 3.34. The molecule has 0 amide bonds. The second kappa shape index (κ2) is 5.00. The summed E-state index contributed by atoms with van der Waals surface area (Å²) >= 11 is 5.71. The van der Waals surface area contributed by atoms with E-state index in [0.717, 1.165) is 0 Å². The van der Waals surface area contributed by atoms with Gasteiger partial charge in [0, 0.05) is 17.2 Å². The molecule has 0 aromatic heterocycles. The number of phenols is 1. The maximum absolute atomic E-state index is 10.7. The minimum absolute atomic E-state index is 0.142. The third-order valence-corrected chi connectivity index (χ3v) is 2.06. The number of rotatable bonds is 4. The molecule has 82 valence electrons. The summed E-state index contributed by atoms with van der Waals surface area (Å²) in [5.74, 6) is -1.51. The molecule has 0 heterocycles. The zero-order chi connectivity index (χ0) is 11.4. The lowest BCUT2D eigenvalue weighted by atomic mass is 10.1. The molecule has 0 fully saturated rings. The maximum Gasteiger partial charge on any atom is 0.339 e. The van der Waals surface area contributed by atoms with Gasteiger partial charge in [0.1, 0.15) is 11.3 Å². The van der Waals surface area contributed by atoms with Crippen molar-refractivity contribution in [1.29, 1.82) is 0 Å². The Hall–Kier alpha value is -1.26. The van der Waals surface area contributed by atoms with Gasteiger partial charge in [0.25, 0.3) is 0 Å². The van der Waals surface area contributed by atoms with Gasteiger partial charge in [-0.05, 0) is 19.1 Å². The first-order valence-corrected chi connectivity index (χ1v) is 4.76. The predicted octanol–water partition coefficient (Wildman–Crippen LogP) is 2.28. The number of carbonyl (C=O) groups is 1. The normalized spacial score (nSPS) is 10.3. The molecule has 1 rings (SSSR count). The molecule has 1 aromatic carbocycles. The first-order chi connectivity index (χ1) is 7.06. The third kappa shape index (κ3) is 2.84. The van der Waals surface area contributed by atoms with E-state index in [0.29, 0.717) is 12.2 Å². The second-order valence-electron chi connectivity index (χ2n) is 2.90. The van der Waals surface area contributed by atoms with Crippen molar-refractivity contribution < 1.29 is 19.7 Å². The molecule has 5 heteroatoms. The maximum atomic E-state index is 10.7. The highest BCUT2D eigenvalue weighted by atomic mass is 35.5. The highest BCUT2D eigenvalue weighted by molar-refractivity contribution is 6.31. The van der Waals surface area contributed by atoms with E-state index in [1.54, 1.807) is 6.92 Å². The van der Waals surface area contributed by atoms with E-state index >= 15 is 0 Å². The monoisotopic (exact) mass is 230 g/mol. The molecule has 1 aromatic rings. The lowest BCUT2D eigenvalue weighted by molar-refractivity contribution is 0.0693. The molecule has 0 aliphatic carbocycles. The lowest BCUT2D eigenvalue weighted by Crippen LogP contribution is -2.01. The lowest BCUT2D eigenvalue weighted by Gasteiger charge is -2.08. The third-order valence-electron chi connectivity index (χ3n) is 1.85. The van der Waals surface area contributed by atoms with Crippen LogP contribution in [-0.2, 0) is 11.3 Å². The van der Waals surface area contributed by atoms with Gasteiger partial charge in [0.05, 0.1) is 6.61 Å². The van der Waals surface area contributed by atoms with Crippen LogP contribution in [0.3, 0.4) is 0 Å². The van der Waals surface area contributed by atoms with Crippen molar-refractivity contribution in [3.63, 3.8) is 0 Å². The Morgan fingerprint density at radius 3 is 2.73 bits per heavy atom. The van der Waals surface area contributed by atoms with E-state index in [1.807, 2.05) is 0 Å². The van der Waals surface area contributed by atoms with Crippen molar-refractivity contribution in [3.05, 3.63) is 28.3 Å². The van der Waals surface area contributed by atoms with Crippen LogP contribution >= 0.6 is 11.6 Å². The molecule has 0 atom stereocenters. The van der Waals surface area contributed by atoms with Crippen LogP contribution in [0.25, 0.3) is 0 Å². The van der Waals surface area contributed by atoms with Crippen LogP contribution in [0, 0.1) is 0 Å². The number of aromatic hydroxyl groups is 1. The minimum Gasteiger partial charge on any atom is -0.507 e. The first-order valence-electron chi connectivity index (χ1n) is 4.38. The molecule has 4 nitrogen and oxygen atoms in total. The molecule has 0 unspecified atom stereocenters. The molecule has 15 heavy (non-hydrogen) atoms. The molecule has 0 saturated carbocycles. The molecule has 0 radical (unpaired) electrons. The summed E-state index contributed by atoms with van der Waals surface area (Å²) in [5.41, 5.74) is 0.166. The summed E-state index contributed by atoms with van der Waals surface area (Å²) in [6.45, 7) is 2.43. The van der Waals surface area contributed by atoms with Crippen molar-refractivity contribution >= 4 is 17.6 Å². The van der Waals surface area contributed by atoms with E-state index in [1.165, 1.54) is 12.1 Å². The number of aromatic carboxylic acids is 1. The van der Waals surface area contributed by atoms with Crippen molar-refractivity contribution in [1.82, 2.24) is 0 Å². The Morgan fingerprint density at radius 1 is 1.53 bits per heavy atom. The number of ether oxygens (including phenoxy) is 1. The van der Waals surface area contributed by atoms with Gasteiger partial charge in [-0.25, -0.2) is 4.79 Å². The van der Waals surface area contributed by atoms with Crippen molar-refractivity contribution in [2.75, 3.05) is 6.61 Å². The van der Waals surface area contributed by atoms with E-state index in [2.05, 4.69) is 0 Å². The van der Waals surface area contributed by atoms with E-state index < -0.39 is 5.97 Å². The van der Waals surface area contributed by atoms with E-state index in [-0.39, 0.29) is 22.9 Å². The Kier molecular flexibility index (Phi) is 3.94. The number of benzene rings is 1. The largest absolute Gasteiger partial charge is 0.507 e. The van der Waals surface area contributed by atoms with Gasteiger partial charge >= 0.3 is 5.97 Å². The minimum atomic E-state index is -1.22. The van der Waals surface area contributed by atoms with Crippen LogP contribution in [0.5, 0.6) is 5.75 Å². The quantitative estimate of drug-likeness (QED) is 0.833. The van der Waals surface area contributed by atoms with Gasteiger partial charge in [0.15, 0.2) is 0 Å². The Labute approximate surface area is 92.1 Å². The predicted molar refractivity (Wildman–Crippen MR) is 55.4 cm³/mol. The molecule has 2 N–H and O–H groups in total. The summed E-state index contributed by atoms with van der Waals surface area (Å²) in [4.78, 5) is 10.7. The number of halogens is 1. The summed E-state index contributed by atoms with van der Waals surface area (Å²) in [6.07, 6.45) is 0. The molecule has 0 aliphatic rings. The number of hydrogen-bond acceptors (Lipinski definition) is 3. The van der Waals surface area contributed by atoms with Crippen LogP contribution in [-0.4, -0.2) is 22.8 Å². The fraction of sp³-hybridized carbons (Fsp3) is 0.300. The van der Waals surface area contributed by atoms with Gasteiger partial charge in [-0.1, -0.05) is 11.6 Å². The average molecular weight is 231 g/mol. The summed E-state index contributed by atoms with van der Waals surface area (Å²) in [5, 5.41) is 18.6. The van der Waals surface area contributed by atoms with Gasteiger partial charge in [-0.2, -0.15) is 0 Å². The van der Waals surface area contributed by atoms with Crippen LogP contribution < -0.4 is 0 Å². The zero-order valence-electron chi connectivity index (χ0n) is 8.16. The fourth-order valence-electron chi connectivity index (χ4n) is 1.14.